The lowest BCUT2D eigenvalue weighted by Gasteiger charge is -2.36. The van der Waals surface area contributed by atoms with Crippen LogP contribution in [-0.2, 0) is 6.54 Å². The van der Waals surface area contributed by atoms with Crippen molar-refractivity contribution in [2.24, 2.45) is 5.92 Å². The molecule has 1 aliphatic heterocycles. The number of hydrogen-bond donors (Lipinski definition) is 1. The van der Waals surface area contributed by atoms with Gasteiger partial charge in [0, 0.05) is 31.7 Å². The third-order valence-corrected chi connectivity index (χ3v) is 3.68. The summed E-state index contributed by atoms with van der Waals surface area (Å²) in [6.45, 7) is 10.7. The molecule has 2 heterocycles. The Morgan fingerprint density at radius 3 is 3.12 bits per heavy atom. The molecule has 0 bridgehead atoms. The maximum Gasteiger partial charge on any atom is 0.150 e. The van der Waals surface area contributed by atoms with E-state index < -0.39 is 0 Å². The van der Waals surface area contributed by atoms with E-state index in [9.17, 15) is 0 Å². The van der Waals surface area contributed by atoms with Crippen LogP contribution in [0.3, 0.4) is 0 Å². The monoisotopic (exact) mass is 237 g/mol. The van der Waals surface area contributed by atoms with Crippen LogP contribution in [0.15, 0.2) is 10.6 Å². The largest absolute Gasteiger partial charge is 0.360 e. The molecule has 1 aliphatic rings. The molecule has 1 aromatic heterocycles. The summed E-state index contributed by atoms with van der Waals surface area (Å²) < 4.78 is 5.28. The van der Waals surface area contributed by atoms with Crippen LogP contribution in [-0.4, -0.2) is 35.7 Å². The molecule has 1 saturated heterocycles. The Balaban J connectivity index is 1.89. The van der Waals surface area contributed by atoms with Crippen molar-refractivity contribution in [3.05, 3.63) is 17.5 Å². The van der Waals surface area contributed by atoms with Crippen molar-refractivity contribution in [3.63, 3.8) is 0 Å². The number of nitrogens with zero attached hydrogens (tertiary/aromatic N) is 2. The number of piperazine rings is 1. The van der Waals surface area contributed by atoms with E-state index in [4.69, 9.17) is 4.52 Å². The smallest absolute Gasteiger partial charge is 0.150 e. The van der Waals surface area contributed by atoms with Crippen molar-refractivity contribution in [1.82, 2.24) is 15.4 Å². The summed E-state index contributed by atoms with van der Waals surface area (Å²) in [5.41, 5.74) is 0.966. The van der Waals surface area contributed by atoms with Crippen LogP contribution in [0.25, 0.3) is 0 Å². The Morgan fingerprint density at radius 2 is 2.47 bits per heavy atom. The molecule has 2 rings (SSSR count). The quantitative estimate of drug-likeness (QED) is 0.867. The van der Waals surface area contributed by atoms with Gasteiger partial charge in [0.05, 0.1) is 12.2 Å². The van der Waals surface area contributed by atoms with E-state index in [2.05, 4.69) is 29.2 Å². The number of nitrogens with one attached hydrogen (secondary N) is 1. The van der Waals surface area contributed by atoms with Crippen molar-refractivity contribution in [3.8, 4) is 0 Å². The molecule has 0 radical (unpaired) electrons. The van der Waals surface area contributed by atoms with E-state index in [0.717, 1.165) is 43.6 Å². The number of aryl methyl sites for hydroxylation is 1. The highest BCUT2D eigenvalue weighted by Gasteiger charge is 2.23. The van der Waals surface area contributed by atoms with Crippen molar-refractivity contribution in [2.45, 2.75) is 39.8 Å². The molecule has 0 spiro atoms. The first-order chi connectivity index (χ1) is 8.19. The first-order valence-electron chi connectivity index (χ1n) is 6.57. The Labute approximate surface area is 103 Å². The average Bonchev–Trinajstić information content (AvgIpc) is 2.74. The Bertz CT molecular complexity index is 350. The van der Waals surface area contributed by atoms with Gasteiger partial charge in [-0.1, -0.05) is 25.4 Å². The molecular formula is C13H23N3O. The van der Waals surface area contributed by atoms with E-state index in [-0.39, 0.29) is 0 Å². The van der Waals surface area contributed by atoms with Gasteiger partial charge >= 0.3 is 0 Å². The highest BCUT2D eigenvalue weighted by atomic mass is 16.5. The predicted molar refractivity (Wildman–Crippen MR) is 67.8 cm³/mol. The topological polar surface area (TPSA) is 41.3 Å². The lowest BCUT2D eigenvalue weighted by Crippen LogP contribution is -2.52. The van der Waals surface area contributed by atoms with Crippen LogP contribution >= 0.6 is 0 Å². The van der Waals surface area contributed by atoms with Gasteiger partial charge in [-0.25, -0.2) is 0 Å². The van der Waals surface area contributed by atoms with Crippen molar-refractivity contribution in [2.75, 3.05) is 19.6 Å². The second-order valence-electron chi connectivity index (χ2n) is 5.12. The van der Waals surface area contributed by atoms with E-state index in [1.165, 1.54) is 6.42 Å². The SMILES string of the molecule is CCC(C)C1CN(Cc2cc(C)no2)CCN1. The van der Waals surface area contributed by atoms with E-state index in [1.807, 2.05) is 13.0 Å². The van der Waals surface area contributed by atoms with E-state index in [1.54, 1.807) is 0 Å². The van der Waals surface area contributed by atoms with Gasteiger partial charge < -0.3 is 9.84 Å². The van der Waals surface area contributed by atoms with Crippen LogP contribution in [0.4, 0.5) is 0 Å². The summed E-state index contributed by atoms with van der Waals surface area (Å²) in [6, 6.07) is 2.64. The number of aromatic nitrogens is 1. The molecule has 0 aromatic carbocycles. The van der Waals surface area contributed by atoms with Crippen LogP contribution in [0.1, 0.15) is 31.7 Å². The van der Waals surface area contributed by atoms with Crippen LogP contribution < -0.4 is 5.32 Å². The zero-order chi connectivity index (χ0) is 12.3. The van der Waals surface area contributed by atoms with Gasteiger partial charge in [-0.2, -0.15) is 0 Å². The van der Waals surface area contributed by atoms with Crippen molar-refractivity contribution < 1.29 is 4.52 Å². The van der Waals surface area contributed by atoms with Crippen molar-refractivity contribution in [1.29, 1.82) is 0 Å². The van der Waals surface area contributed by atoms with Crippen LogP contribution in [0.5, 0.6) is 0 Å². The third-order valence-electron chi connectivity index (χ3n) is 3.68. The first-order valence-corrected chi connectivity index (χ1v) is 6.57. The van der Waals surface area contributed by atoms with Crippen molar-refractivity contribution >= 4 is 0 Å². The zero-order valence-electron chi connectivity index (χ0n) is 11.1. The molecule has 2 atom stereocenters. The van der Waals surface area contributed by atoms with Gasteiger partial charge in [0.2, 0.25) is 0 Å². The average molecular weight is 237 g/mol. The molecule has 4 heteroatoms. The second kappa shape index (κ2) is 5.65. The minimum atomic E-state index is 0.609. The van der Waals surface area contributed by atoms with Crippen LogP contribution in [0, 0.1) is 12.8 Å². The highest BCUT2D eigenvalue weighted by molar-refractivity contribution is 5.03. The molecule has 17 heavy (non-hydrogen) atoms. The van der Waals surface area contributed by atoms with Gasteiger partial charge in [-0.05, 0) is 12.8 Å². The summed E-state index contributed by atoms with van der Waals surface area (Å²) in [4.78, 5) is 2.45. The van der Waals surface area contributed by atoms with E-state index >= 15 is 0 Å². The zero-order valence-corrected chi connectivity index (χ0v) is 11.1. The normalized spacial score (nSPS) is 23.8. The summed E-state index contributed by atoms with van der Waals surface area (Å²) in [6.07, 6.45) is 1.23. The number of rotatable bonds is 4. The molecule has 0 amide bonds. The Kier molecular flexibility index (Phi) is 4.18. The maximum atomic E-state index is 5.28. The standard InChI is InChI=1S/C13H23N3O/c1-4-10(2)13-9-16(6-5-14-13)8-12-7-11(3)15-17-12/h7,10,13-14H,4-6,8-9H2,1-3H3. The van der Waals surface area contributed by atoms with Gasteiger partial charge in [0.25, 0.3) is 0 Å². The molecule has 1 aromatic rings. The van der Waals surface area contributed by atoms with Gasteiger partial charge in [-0.3, -0.25) is 4.90 Å². The van der Waals surface area contributed by atoms with E-state index in [0.29, 0.717) is 6.04 Å². The Morgan fingerprint density at radius 1 is 1.65 bits per heavy atom. The number of hydrogen-bond acceptors (Lipinski definition) is 4. The van der Waals surface area contributed by atoms with Gasteiger partial charge in [0.15, 0.2) is 5.76 Å². The minimum absolute atomic E-state index is 0.609. The summed E-state index contributed by atoms with van der Waals surface area (Å²) >= 11 is 0. The second-order valence-corrected chi connectivity index (χ2v) is 5.12. The fourth-order valence-electron chi connectivity index (χ4n) is 2.36. The Hall–Kier alpha value is -0.870. The molecular weight excluding hydrogens is 214 g/mol. The summed E-state index contributed by atoms with van der Waals surface area (Å²) in [5.74, 6) is 1.71. The molecule has 2 unspecified atom stereocenters. The highest BCUT2D eigenvalue weighted by Crippen LogP contribution is 2.14. The summed E-state index contributed by atoms with van der Waals surface area (Å²) in [7, 11) is 0. The van der Waals surface area contributed by atoms with Crippen LogP contribution in [0.2, 0.25) is 0 Å². The first kappa shape index (κ1) is 12.6. The lowest BCUT2D eigenvalue weighted by molar-refractivity contribution is 0.149. The molecule has 4 nitrogen and oxygen atoms in total. The third kappa shape index (κ3) is 3.30. The fraction of sp³-hybridized carbons (Fsp3) is 0.769. The molecule has 96 valence electrons. The predicted octanol–water partition coefficient (Wildman–Crippen LogP) is 1.80. The van der Waals surface area contributed by atoms with Gasteiger partial charge in [0.1, 0.15) is 0 Å². The minimum Gasteiger partial charge on any atom is -0.360 e. The molecule has 0 aliphatic carbocycles. The fourth-order valence-corrected chi connectivity index (χ4v) is 2.36. The molecule has 0 saturated carbocycles. The molecule has 1 fully saturated rings. The molecule has 1 N–H and O–H groups in total. The summed E-state index contributed by atoms with van der Waals surface area (Å²) in [5, 5.41) is 7.54. The van der Waals surface area contributed by atoms with Gasteiger partial charge in [-0.15, -0.1) is 0 Å². The maximum absolute atomic E-state index is 5.28. The lowest BCUT2D eigenvalue weighted by atomic mass is 9.97.